The van der Waals surface area contributed by atoms with Crippen LogP contribution in [0.25, 0.3) is 0 Å². The second-order valence-corrected chi connectivity index (χ2v) is 6.05. The van der Waals surface area contributed by atoms with Gasteiger partial charge in [0.15, 0.2) is 0 Å². The monoisotopic (exact) mass is 346 g/mol. The van der Waals surface area contributed by atoms with Crippen molar-refractivity contribution in [3.63, 3.8) is 0 Å². The molecule has 1 heterocycles. The highest BCUT2D eigenvalue weighted by molar-refractivity contribution is 9.10. The maximum absolute atomic E-state index is 5.82. The van der Waals surface area contributed by atoms with Crippen molar-refractivity contribution < 1.29 is 4.74 Å². The fourth-order valence-electron chi connectivity index (χ4n) is 2.64. The number of benzene rings is 2. The highest BCUT2D eigenvalue weighted by Crippen LogP contribution is 2.29. The van der Waals surface area contributed by atoms with Gasteiger partial charge in [-0.2, -0.15) is 0 Å². The number of ether oxygens (including phenoxy) is 1. The summed E-state index contributed by atoms with van der Waals surface area (Å²) in [5.41, 5.74) is 9.34. The second kappa shape index (κ2) is 6.50. The third-order valence-electron chi connectivity index (χ3n) is 3.77. The van der Waals surface area contributed by atoms with Crippen molar-refractivity contribution in [3.05, 3.63) is 58.1 Å². The average Bonchev–Trinajstić information content (AvgIpc) is 2.71. The van der Waals surface area contributed by atoms with Crippen molar-refractivity contribution in [2.45, 2.75) is 13.0 Å². The van der Waals surface area contributed by atoms with Crippen LogP contribution in [-0.4, -0.2) is 19.7 Å². The third kappa shape index (κ3) is 3.22. The van der Waals surface area contributed by atoms with Gasteiger partial charge in [-0.3, -0.25) is 0 Å². The molecule has 4 heteroatoms. The van der Waals surface area contributed by atoms with Crippen LogP contribution in [0.1, 0.15) is 11.1 Å². The summed E-state index contributed by atoms with van der Waals surface area (Å²) < 4.78 is 6.95. The first-order valence-electron chi connectivity index (χ1n) is 7.22. The third-order valence-corrected chi connectivity index (χ3v) is 4.51. The Morgan fingerprint density at radius 1 is 1.19 bits per heavy atom. The number of hydrogen-bond acceptors (Lipinski definition) is 3. The van der Waals surface area contributed by atoms with Crippen LogP contribution in [0.5, 0.6) is 5.75 Å². The minimum absolute atomic E-state index is 0.670. The minimum atomic E-state index is 0.670. The summed E-state index contributed by atoms with van der Waals surface area (Å²) in [5.74, 6) is 0.999. The Kier molecular flexibility index (Phi) is 4.46. The Labute approximate surface area is 133 Å². The summed E-state index contributed by atoms with van der Waals surface area (Å²) in [7, 11) is 0. The van der Waals surface area contributed by atoms with Gasteiger partial charge in [0.25, 0.3) is 0 Å². The maximum atomic E-state index is 5.82. The second-order valence-electron chi connectivity index (χ2n) is 5.19. The smallest absolute Gasteiger partial charge is 0.124 e. The van der Waals surface area contributed by atoms with E-state index in [1.807, 2.05) is 12.1 Å². The lowest BCUT2D eigenvalue weighted by Crippen LogP contribution is -2.25. The molecule has 0 amide bonds. The molecule has 1 aliphatic heterocycles. The molecular formula is C17H19BrN2O. The minimum Gasteiger partial charge on any atom is -0.491 e. The summed E-state index contributed by atoms with van der Waals surface area (Å²) in [6, 6.07) is 14.8. The first-order chi connectivity index (χ1) is 10.3. The Morgan fingerprint density at radius 3 is 2.86 bits per heavy atom. The molecule has 0 aliphatic carbocycles. The molecule has 2 N–H and O–H groups in total. The fraction of sp³-hybridized carbons (Fsp3) is 0.294. The van der Waals surface area contributed by atoms with Crippen LogP contribution >= 0.6 is 15.9 Å². The standard InChI is InChI=1S/C17H19BrN2O/c18-16-11-15(6-5-13(16)7-8-19)20-9-10-21-17-4-2-1-3-14(17)12-20/h1-6,11H,7-10,12,19H2. The van der Waals surface area contributed by atoms with E-state index in [1.54, 1.807) is 0 Å². The number of rotatable bonds is 3. The lowest BCUT2D eigenvalue weighted by molar-refractivity contribution is 0.331. The van der Waals surface area contributed by atoms with E-state index in [4.69, 9.17) is 10.5 Å². The maximum Gasteiger partial charge on any atom is 0.124 e. The molecule has 1 aliphatic rings. The van der Waals surface area contributed by atoms with Crippen LogP contribution < -0.4 is 15.4 Å². The van der Waals surface area contributed by atoms with Crippen LogP contribution in [0, 0.1) is 0 Å². The van der Waals surface area contributed by atoms with E-state index in [1.165, 1.54) is 16.8 Å². The van der Waals surface area contributed by atoms with Crippen molar-refractivity contribution in [3.8, 4) is 5.75 Å². The van der Waals surface area contributed by atoms with Crippen molar-refractivity contribution in [1.29, 1.82) is 0 Å². The number of halogens is 1. The van der Waals surface area contributed by atoms with Gasteiger partial charge in [-0.1, -0.05) is 40.2 Å². The number of nitrogens with zero attached hydrogens (tertiary/aromatic N) is 1. The molecule has 3 rings (SSSR count). The predicted molar refractivity (Wildman–Crippen MR) is 89.9 cm³/mol. The van der Waals surface area contributed by atoms with Gasteiger partial charge in [0.2, 0.25) is 0 Å². The van der Waals surface area contributed by atoms with Crippen molar-refractivity contribution >= 4 is 21.6 Å². The van der Waals surface area contributed by atoms with Crippen molar-refractivity contribution in [1.82, 2.24) is 0 Å². The number of fused-ring (bicyclic) bond motifs is 1. The van der Waals surface area contributed by atoms with E-state index in [0.29, 0.717) is 13.2 Å². The van der Waals surface area contributed by atoms with Crippen molar-refractivity contribution in [2.75, 3.05) is 24.6 Å². The number of para-hydroxylation sites is 1. The summed E-state index contributed by atoms with van der Waals surface area (Å²) in [6.07, 6.45) is 0.896. The normalized spacial score (nSPS) is 14.3. The number of hydrogen-bond donors (Lipinski definition) is 1. The molecule has 0 spiro atoms. The zero-order valence-electron chi connectivity index (χ0n) is 11.9. The molecule has 0 saturated carbocycles. The average molecular weight is 347 g/mol. The molecule has 0 aromatic heterocycles. The van der Waals surface area contributed by atoms with Gasteiger partial charge in [0.05, 0.1) is 6.54 Å². The summed E-state index contributed by atoms with van der Waals surface area (Å²) >= 11 is 3.65. The van der Waals surface area contributed by atoms with E-state index < -0.39 is 0 Å². The Balaban J connectivity index is 1.85. The molecule has 0 radical (unpaired) electrons. The van der Waals surface area contributed by atoms with Crippen LogP contribution in [0.2, 0.25) is 0 Å². The summed E-state index contributed by atoms with van der Waals surface area (Å²) in [6.45, 7) is 3.14. The molecule has 110 valence electrons. The van der Waals surface area contributed by atoms with E-state index >= 15 is 0 Å². The summed E-state index contributed by atoms with van der Waals surface area (Å²) in [4.78, 5) is 2.35. The molecule has 21 heavy (non-hydrogen) atoms. The molecule has 2 aromatic carbocycles. The Bertz CT molecular complexity index is 630. The zero-order valence-corrected chi connectivity index (χ0v) is 13.5. The lowest BCUT2D eigenvalue weighted by Gasteiger charge is -2.23. The van der Waals surface area contributed by atoms with E-state index in [2.05, 4.69) is 51.2 Å². The first kappa shape index (κ1) is 14.4. The number of anilines is 1. The van der Waals surface area contributed by atoms with Gasteiger partial charge in [-0.25, -0.2) is 0 Å². The predicted octanol–water partition coefficient (Wildman–Crippen LogP) is 3.35. The number of nitrogens with two attached hydrogens (primary N) is 1. The molecule has 2 aromatic rings. The molecule has 3 nitrogen and oxygen atoms in total. The quantitative estimate of drug-likeness (QED) is 0.926. The van der Waals surface area contributed by atoms with E-state index in [9.17, 15) is 0 Å². The van der Waals surface area contributed by atoms with Gasteiger partial charge in [0.1, 0.15) is 12.4 Å². The zero-order chi connectivity index (χ0) is 14.7. The van der Waals surface area contributed by atoms with Crippen LogP contribution in [-0.2, 0) is 13.0 Å². The van der Waals surface area contributed by atoms with Gasteiger partial charge < -0.3 is 15.4 Å². The molecule has 0 fully saturated rings. The van der Waals surface area contributed by atoms with E-state index in [-0.39, 0.29) is 0 Å². The van der Waals surface area contributed by atoms with Crippen LogP contribution in [0.15, 0.2) is 46.9 Å². The SMILES string of the molecule is NCCc1ccc(N2CCOc3ccccc3C2)cc1Br. The van der Waals surface area contributed by atoms with Gasteiger partial charge in [-0.15, -0.1) is 0 Å². The molecular weight excluding hydrogens is 328 g/mol. The molecule has 0 bridgehead atoms. The highest BCUT2D eigenvalue weighted by atomic mass is 79.9. The topological polar surface area (TPSA) is 38.5 Å². The molecule has 0 atom stereocenters. The summed E-state index contributed by atoms with van der Waals surface area (Å²) in [5, 5.41) is 0. The van der Waals surface area contributed by atoms with Gasteiger partial charge >= 0.3 is 0 Å². The van der Waals surface area contributed by atoms with Gasteiger partial charge in [-0.05, 0) is 36.7 Å². The largest absolute Gasteiger partial charge is 0.491 e. The lowest BCUT2D eigenvalue weighted by atomic mass is 10.1. The van der Waals surface area contributed by atoms with Crippen LogP contribution in [0.3, 0.4) is 0 Å². The molecule has 0 saturated heterocycles. The van der Waals surface area contributed by atoms with Crippen LogP contribution in [0.4, 0.5) is 5.69 Å². The highest BCUT2D eigenvalue weighted by Gasteiger charge is 2.16. The van der Waals surface area contributed by atoms with Crippen molar-refractivity contribution in [2.24, 2.45) is 5.73 Å². The fourth-order valence-corrected chi connectivity index (χ4v) is 3.20. The van der Waals surface area contributed by atoms with E-state index in [0.717, 1.165) is 29.7 Å². The molecule has 0 unspecified atom stereocenters. The Hall–Kier alpha value is -1.52. The Morgan fingerprint density at radius 2 is 2.05 bits per heavy atom. The first-order valence-corrected chi connectivity index (χ1v) is 8.01. The van der Waals surface area contributed by atoms with Gasteiger partial charge in [0, 0.05) is 22.3 Å².